The van der Waals surface area contributed by atoms with E-state index >= 15 is 0 Å². The first-order valence-corrected chi connectivity index (χ1v) is 9.80. The summed E-state index contributed by atoms with van der Waals surface area (Å²) < 4.78 is 26.8. The van der Waals surface area contributed by atoms with Crippen LogP contribution in [-0.4, -0.2) is 49.0 Å². The monoisotopic (exact) mass is 370 g/mol. The van der Waals surface area contributed by atoms with E-state index in [0.29, 0.717) is 24.0 Å². The van der Waals surface area contributed by atoms with Crippen molar-refractivity contribution >= 4 is 15.9 Å². The molecular weight excluding hydrogens is 346 g/mol. The van der Waals surface area contributed by atoms with Gasteiger partial charge in [0.15, 0.2) is 6.20 Å². The van der Waals surface area contributed by atoms with Gasteiger partial charge in [-0.25, -0.2) is 8.42 Å². The Morgan fingerprint density at radius 1 is 1.52 bits per heavy atom. The van der Waals surface area contributed by atoms with Crippen molar-refractivity contribution in [2.45, 2.75) is 49.8 Å². The van der Waals surface area contributed by atoms with E-state index in [2.05, 4.69) is 5.32 Å². The Bertz CT molecular complexity index is 695. The highest BCUT2D eigenvalue weighted by molar-refractivity contribution is 7.88. The van der Waals surface area contributed by atoms with E-state index in [1.165, 1.54) is 24.6 Å². The molecule has 1 aromatic heterocycles. The molecule has 0 bridgehead atoms. The largest absolute Gasteiger partial charge is 0.618 e. The summed E-state index contributed by atoms with van der Waals surface area (Å²) in [4.78, 5) is 11.8. The molecule has 1 radical (unpaired) electrons. The Kier molecular flexibility index (Phi) is 6.74. The molecule has 1 fully saturated rings. The van der Waals surface area contributed by atoms with Crippen LogP contribution >= 0.6 is 0 Å². The van der Waals surface area contributed by atoms with Crippen molar-refractivity contribution in [1.82, 2.24) is 9.62 Å². The minimum Gasteiger partial charge on any atom is -0.618 e. The van der Waals surface area contributed by atoms with Gasteiger partial charge in [0, 0.05) is 31.6 Å². The number of aromatic nitrogens is 1. The molecule has 2 atom stereocenters. The zero-order valence-electron chi connectivity index (χ0n) is 14.2. The normalized spacial score (nSPS) is 22.3. The number of aliphatic hydroxyl groups excluding tert-OH is 1. The molecule has 2 unspecified atom stereocenters. The summed E-state index contributed by atoms with van der Waals surface area (Å²) >= 11 is 0. The van der Waals surface area contributed by atoms with Crippen LogP contribution in [0.15, 0.2) is 29.4 Å². The standard InChI is InChI=1S/C16H24N3O5S/c1-2-3-8-15(21)17-13-7-6-10-18(12-14(13)20)25(23,24)16-9-4-5-11-19(16)22/h4-5,8-9,11,13-14,20H,2-3,6-7,10,12H2,1H3,(H,17,21). The number of hydrogen-bond donors (Lipinski definition) is 2. The number of amides is 1. The van der Waals surface area contributed by atoms with Crippen molar-refractivity contribution < 1.29 is 23.0 Å². The number of sulfonamides is 1. The predicted octanol–water partition coefficient (Wildman–Crippen LogP) is -0.0454. The van der Waals surface area contributed by atoms with Gasteiger partial charge in [0.2, 0.25) is 5.91 Å². The first kappa shape index (κ1) is 19.6. The van der Waals surface area contributed by atoms with Gasteiger partial charge in [0.05, 0.1) is 12.1 Å². The van der Waals surface area contributed by atoms with E-state index in [9.17, 15) is 23.5 Å². The van der Waals surface area contributed by atoms with E-state index in [1.807, 2.05) is 6.92 Å². The maximum absolute atomic E-state index is 12.7. The van der Waals surface area contributed by atoms with Crippen LogP contribution in [0.5, 0.6) is 0 Å². The zero-order valence-corrected chi connectivity index (χ0v) is 15.0. The van der Waals surface area contributed by atoms with Gasteiger partial charge in [-0.1, -0.05) is 13.3 Å². The lowest BCUT2D eigenvalue weighted by atomic mass is 10.1. The molecule has 9 heteroatoms. The number of hydrogen-bond acceptors (Lipinski definition) is 5. The third-order valence-electron chi connectivity index (χ3n) is 4.12. The number of pyridine rings is 1. The number of carbonyl (C=O) groups excluding carboxylic acids is 1. The lowest BCUT2D eigenvalue weighted by Crippen LogP contribution is -2.48. The van der Waals surface area contributed by atoms with Gasteiger partial charge in [-0.3, -0.25) is 4.79 Å². The van der Waals surface area contributed by atoms with Crippen LogP contribution < -0.4 is 10.0 Å². The SMILES string of the molecule is CCC[CH]C(=O)NC1CCCN(S(=O)(=O)c2cccc[n+]2[O-])CC1O. The molecule has 1 saturated heterocycles. The quantitative estimate of drug-likeness (QED) is 0.539. The Labute approximate surface area is 148 Å². The van der Waals surface area contributed by atoms with E-state index in [4.69, 9.17) is 0 Å². The van der Waals surface area contributed by atoms with Crippen LogP contribution in [0.4, 0.5) is 0 Å². The molecule has 2 N–H and O–H groups in total. The molecular formula is C16H24N3O5S. The molecule has 1 aliphatic rings. The van der Waals surface area contributed by atoms with E-state index < -0.39 is 22.2 Å². The van der Waals surface area contributed by atoms with Gasteiger partial charge in [-0.15, -0.1) is 0 Å². The highest BCUT2D eigenvalue weighted by Gasteiger charge is 2.36. The van der Waals surface area contributed by atoms with Gasteiger partial charge < -0.3 is 15.6 Å². The first-order valence-electron chi connectivity index (χ1n) is 8.36. The van der Waals surface area contributed by atoms with Crippen LogP contribution in [0.25, 0.3) is 0 Å². The minimum absolute atomic E-state index is 0.171. The van der Waals surface area contributed by atoms with Crippen molar-refractivity contribution in [3.63, 3.8) is 0 Å². The summed E-state index contributed by atoms with van der Waals surface area (Å²) in [6, 6.07) is 3.64. The fourth-order valence-corrected chi connectivity index (χ4v) is 4.28. The molecule has 139 valence electrons. The maximum Gasteiger partial charge on any atom is 0.323 e. The Morgan fingerprint density at radius 2 is 2.28 bits per heavy atom. The zero-order chi connectivity index (χ0) is 18.4. The van der Waals surface area contributed by atoms with Gasteiger partial charge in [-0.05, 0) is 25.3 Å². The second-order valence-corrected chi connectivity index (χ2v) is 7.93. The molecule has 2 rings (SSSR count). The minimum atomic E-state index is -4.01. The molecule has 25 heavy (non-hydrogen) atoms. The molecule has 0 spiro atoms. The number of aliphatic hydroxyl groups is 1. The van der Waals surface area contributed by atoms with Gasteiger partial charge in [0.1, 0.15) is 0 Å². The van der Waals surface area contributed by atoms with Gasteiger partial charge in [-0.2, -0.15) is 9.04 Å². The Hall–Kier alpha value is -1.71. The summed E-state index contributed by atoms with van der Waals surface area (Å²) in [7, 11) is -4.01. The summed E-state index contributed by atoms with van der Waals surface area (Å²) in [5, 5.41) is 24.5. The molecule has 0 saturated carbocycles. The molecule has 0 aliphatic carbocycles. The predicted molar refractivity (Wildman–Crippen MR) is 90.5 cm³/mol. The van der Waals surface area contributed by atoms with E-state index in [1.54, 1.807) is 0 Å². The summed E-state index contributed by atoms with van der Waals surface area (Å²) in [6.07, 6.45) is 4.03. The molecule has 8 nitrogen and oxygen atoms in total. The lowest BCUT2D eigenvalue weighted by Gasteiger charge is -2.24. The molecule has 2 heterocycles. The number of nitrogens with one attached hydrogen (secondary N) is 1. The van der Waals surface area contributed by atoms with Crippen LogP contribution in [0, 0.1) is 11.6 Å². The van der Waals surface area contributed by atoms with Crippen molar-refractivity contribution in [2.75, 3.05) is 13.1 Å². The molecule has 0 aromatic carbocycles. The second-order valence-electron chi connectivity index (χ2n) is 6.05. The molecule has 1 amide bonds. The van der Waals surface area contributed by atoms with Crippen LogP contribution in [0.1, 0.15) is 32.6 Å². The Balaban J connectivity index is 2.09. The number of rotatable bonds is 6. The van der Waals surface area contributed by atoms with Crippen LogP contribution in [0.3, 0.4) is 0 Å². The molecule has 1 aliphatic heterocycles. The second kappa shape index (κ2) is 8.59. The highest BCUT2D eigenvalue weighted by Crippen LogP contribution is 2.19. The summed E-state index contributed by atoms with van der Waals surface area (Å²) in [5.74, 6) is -0.261. The van der Waals surface area contributed by atoms with Crippen LogP contribution in [-0.2, 0) is 14.8 Å². The number of unbranched alkanes of at least 4 members (excludes halogenated alkanes) is 1. The number of nitrogens with zero attached hydrogens (tertiary/aromatic N) is 2. The third-order valence-corrected chi connectivity index (χ3v) is 5.97. The van der Waals surface area contributed by atoms with E-state index in [-0.39, 0.29) is 24.0 Å². The van der Waals surface area contributed by atoms with Crippen molar-refractivity contribution in [3.05, 3.63) is 36.0 Å². The smallest absolute Gasteiger partial charge is 0.323 e. The van der Waals surface area contributed by atoms with Crippen molar-refractivity contribution in [2.24, 2.45) is 0 Å². The fourth-order valence-electron chi connectivity index (χ4n) is 2.76. The maximum atomic E-state index is 12.7. The summed E-state index contributed by atoms with van der Waals surface area (Å²) in [6.45, 7) is 1.97. The topological polar surface area (TPSA) is 114 Å². The Morgan fingerprint density at radius 3 is 2.96 bits per heavy atom. The highest BCUT2D eigenvalue weighted by atomic mass is 32.2. The number of β-amino-alcohol motifs (C(OH)–C–C–N with tert-alkyl or cyclic N) is 1. The fraction of sp³-hybridized carbons (Fsp3) is 0.562. The number of carbonyl (C=O) groups is 1. The van der Waals surface area contributed by atoms with E-state index in [0.717, 1.165) is 16.9 Å². The summed E-state index contributed by atoms with van der Waals surface area (Å²) in [5.41, 5.74) is 0. The molecule has 1 aromatic rings. The van der Waals surface area contributed by atoms with Gasteiger partial charge in [0.25, 0.3) is 0 Å². The van der Waals surface area contributed by atoms with Crippen LogP contribution in [0.2, 0.25) is 0 Å². The third kappa shape index (κ3) is 4.90. The van der Waals surface area contributed by atoms with Crippen molar-refractivity contribution in [1.29, 1.82) is 0 Å². The first-order chi connectivity index (χ1) is 11.9. The van der Waals surface area contributed by atoms with Crippen molar-refractivity contribution in [3.8, 4) is 0 Å². The van der Waals surface area contributed by atoms with Gasteiger partial charge >= 0.3 is 15.0 Å². The lowest BCUT2D eigenvalue weighted by molar-refractivity contribution is -0.646. The average molecular weight is 370 g/mol. The average Bonchev–Trinajstić information content (AvgIpc) is 2.75.